The van der Waals surface area contributed by atoms with E-state index in [1.54, 1.807) is 12.1 Å². The van der Waals surface area contributed by atoms with E-state index in [9.17, 15) is 4.39 Å². The molecule has 0 aliphatic carbocycles. The first-order valence-electron chi connectivity index (χ1n) is 8.06. The minimum atomic E-state index is -0.375. The fourth-order valence-corrected chi connectivity index (χ4v) is 3.54. The van der Waals surface area contributed by atoms with Crippen LogP contribution in [0.2, 0.25) is 5.02 Å². The van der Waals surface area contributed by atoms with E-state index in [1.165, 1.54) is 6.07 Å². The number of likely N-dealkylation sites (tertiary alicyclic amines) is 1. The lowest BCUT2D eigenvalue weighted by atomic mass is 9.99. The summed E-state index contributed by atoms with van der Waals surface area (Å²) in [7, 11) is 0. The number of halogens is 2. The standard InChI is InChI=1S/C16H24ClFN4/c17-14-9-12(1-2-15(14)18)21-13-3-6-20-16(10-13)22-7-4-11(19)5-8-22/h1-2,9,11,13,16,20-21H,3-8,10,19H2. The first-order valence-corrected chi connectivity index (χ1v) is 8.44. The van der Waals surface area contributed by atoms with Gasteiger partial charge in [0.1, 0.15) is 5.82 Å². The lowest BCUT2D eigenvalue weighted by Crippen LogP contribution is -2.55. The Bertz CT molecular complexity index is 505. The molecular weight excluding hydrogens is 303 g/mol. The van der Waals surface area contributed by atoms with Gasteiger partial charge in [0.2, 0.25) is 0 Å². The van der Waals surface area contributed by atoms with Crippen LogP contribution in [0.4, 0.5) is 10.1 Å². The number of piperidine rings is 2. The minimum absolute atomic E-state index is 0.167. The van der Waals surface area contributed by atoms with Crippen LogP contribution in [-0.2, 0) is 0 Å². The molecule has 0 saturated carbocycles. The van der Waals surface area contributed by atoms with Crippen LogP contribution in [0.15, 0.2) is 18.2 Å². The molecule has 2 atom stereocenters. The van der Waals surface area contributed by atoms with Crippen LogP contribution in [0.25, 0.3) is 0 Å². The van der Waals surface area contributed by atoms with Crippen LogP contribution in [0.1, 0.15) is 25.7 Å². The molecule has 6 heteroatoms. The number of hydrogen-bond acceptors (Lipinski definition) is 4. The quantitative estimate of drug-likeness (QED) is 0.798. The molecule has 0 spiro atoms. The first kappa shape index (κ1) is 16.0. The van der Waals surface area contributed by atoms with Crippen molar-refractivity contribution >= 4 is 17.3 Å². The van der Waals surface area contributed by atoms with Gasteiger partial charge in [0, 0.05) is 30.9 Å². The summed E-state index contributed by atoms with van der Waals surface area (Å²) >= 11 is 5.85. The molecular formula is C16H24ClFN4. The zero-order valence-electron chi connectivity index (χ0n) is 12.7. The molecule has 0 amide bonds. The van der Waals surface area contributed by atoms with Crippen LogP contribution < -0.4 is 16.4 Å². The van der Waals surface area contributed by atoms with E-state index in [4.69, 9.17) is 17.3 Å². The van der Waals surface area contributed by atoms with Crippen LogP contribution in [0.3, 0.4) is 0 Å². The van der Waals surface area contributed by atoms with Gasteiger partial charge in [0.05, 0.1) is 11.2 Å². The minimum Gasteiger partial charge on any atom is -0.382 e. The van der Waals surface area contributed by atoms with Gasteiger partial charge < -0.3 is 16.4 Å². The second-order valence-corrected chi connectivity index (χ2v) is 6.75. The maximum atomic E-state index is 13.2. The molecule has 2 unspecified atom stereocenters. The van der Waals surface area contributed by atoms with Gasteiger partial charge in [-0.1, -0.05) is 11.6 Å². The average molecular weight is 327 g/mol. The Morgan fingerprint density at radius 3 is 2.77 bits per heavy atom. The third-order valence-corrected chi connectivity index (χ3v) is 4.98. The number of nitrogens with two attached hydrogens (primary N) is 1. The number of nitrogens with one attached hydrogen (secondary N) is 2. The second kappa shape index (κ2) is 7.13. The smallest absolute Gasteiger partial charge is 0.141 e. The largest absolute Gasteiger partial charge is 0.382 e. The van der Waals surface area contributed by atoms with Crippen molar-refractivity contribution in [3.8, 4) is 0 Å². The van der Waals surface area contributed by atoms with E-state index in [1.807, 2.05) is 0 Å². The highest BCUT2D eigenvalue weighted by atomic mass is 35.5. The van der Waals surface area contributed by atoms with E-state index < -0.39 is 0 Å². The monoisotopic (exact) mass is 326 g/mol. The van der Waals surface area contributed by atoms with Gasteiger partial charge >= 0.3 is 0 Å². The van der Waals surface area contributed by atoms with Crippen molar-refractivity contribution in [3.05, 3.63) is 29.0 Å². The van der Waals surface area contributed by atoms with Gasteiger partial charge in [-0.2, -0.15) is 0 Å². The number of nitrogens with zero attached hydrogens (tertiary/aromatic N) is 1. The van der Waals surface area contributed by atoms with E-state index in [0.717, 1.165) is 51.0 Å². The highest BCUT2D eigenvalue weighted by Gasteiger charge is 2.28. The van der Waals surface area contributed by atoms with Crippen LogP contribution in [0, 0.1) is 5.82 Å². The number of rotatable bonds is 3. The van der Waals surface area contributed by atoms with Crippen molar-refractivity contribution in [2.45, 2.75) is 43.9 Å². The highest BCUT2D eigenvalue weighted by Crippen LogP contribution is 2.23. The van der Waals surface area contributed by atoms with Gasteiger partial charge in [-0.05, 0) is 50.4 Å². The molecule has 1 aromatic carbocycles. The molecule has 4 N–H and O–H groups in total. The Morgan fingerprint density at radius 1 is 1.27 bits per heavy atom. The summed E-state index contributed by atoms with van der Waals surface area (Å²) in [4.78, 5) is 2.49. The molecule has 2 heterocycles. The van der Waals surface area contributed by atoms with Gasteiger partial charge in [-0.3, -0.25) is 4.90 Å². The van der Waals surface area contributed by atoms with E-state index >= 15 is 0 Å². The maximum absolute atomic E-state index is 13.2. The summed E-state index contributed by atoms with van der Waals surface area (Å²) < 4.78 is 13.2. The van der Waals surface area contributed by atoms with Crippen molar-refractivity contribution in [3.63, 3.8) is 0 Å². The summed E-state index contributed by atoms with van der Waals surface area (Å²) in [5.41, 5.74) is 6.87. The number of anilines is 1. The summed E-state index contributed by atoms with van der Waals surface area (Å²) in [6.45, 7) is 3.11. The molecule has 2 aliphatic rings. The Hall–Kier alpha value is -0.880. The summed E-state index contributed by atoms with van der Waals surface area (Å²) in [6.07, 6.45) is 4.63. The third kappa shape index (κ3) is 3.90. The normalized spacial score (nSPS) is 27.8. The van der Waals surface area contributed by atoms with Crippen LogP contribution in [0.5, 0.6) is 0 Å². The molecule has 3 rings (SSSR count). The lowest BCUT2D eigenvalue weighted by molar-refractivity contribution is 0.103. The summed E-state index contributed by atoms with van der Waals surface area (Å²) in [5, 5.41) is 7.25. The van der Waals surface area contributed by atoms with E-state index in [2.05, 4.69) is 15.5 Å². The average Bonchev–Trinajstić information content (AvgIpc) is 2.52. The fourth-order valence-electron chi connectivity index (χ4n) is 3.36. The molecule has 1 aromatic rings. The number of benzene rings is 1. The Morgan fingerprint density at radius 2 is 2.05 bits per heavy atom. The Labute approximate surface area is 136 Å². The van der Waals surface area contributed by atoms with Crippen molar-refractivity contribution in [1.82, 2.24) is 10.2 Å². The van der Waals surface area contributed by atoms with Crippen LogP contribution >= 0.6 is 11.6 Å². The zero-order chi connectivity index (χ0) is 15.5. The van der Waals surface area contributed by atoms with E-state index in [0.29, 0.717) is 18.2 Å². The molecule has 2 fully saturated rings. The van der Waals surface area contributed by atoms with Crippen molar-refractivity contribution < 1.29 is 4.39 Å². The van der Waals surface area contributed by atoms with Gasteiger partial charge in [0.25, 0.3) is 0 Å². The molecule has 22 heavy (non-hydrogen) atoms. The van der Waals surface area contributed by atoms with Crippen LogP contribution in [-0.4, -0.2) is 42.8 Å². The molecule has 4 nitrogen and oxygen atoms in total. The van der Waals surface area contributed by atoms with Gasteiger partial charge in [0.15, 0.2) is 0 Å². The topological polar surface area (TPSA) is 53.3 Å². The second-order valence-electron chi connectivity index (χ2n) is 6.34. The number of hydrogen-bond donors (Lipinski definition) is 3. The molecule has 2 saturated heterocycles. The Balaban J connectivity index is 1.57. The van der Waals surface area contributed by atoms with Crippen molar-refractivity contribution in [1.29, 1.82) is 0 Å². The Kier molecular flexibility index (Phi) is 5.18. The molecule has 0 aromatic heterocycles. The third-order valence-electron chi connectivity index (χ3n) is 4.69. The molecule has 122 valence electrons. The summed E-state index contributed by atoms with van der Waals surface area (Å²) in [5.74, 6) is -0.375. The van der Waals surface area contributed by atoms with Crippen molar-refractivity contribution in [2.75, 3.05) is 25.0 Å². The van der Waals surface area contributed by atoms with Gasteiger partial charge in [-0.15, -0.1) is 0 Å². The lowest BCUT2D eigenvalue weighted by Gasteiger charge is -2.41. The zero-order valence-corrected chi connectivity index (χ0v) is 13.5. The molecule has 2 aliphatic heterocycles. The first-order chi connectivity index (χ1) is 10.6. The summed E-state index contributed by atoms with van der Waals surface area (Å²) in [6, 6.07) is 5.56. The van der Waals surface area contributed by atoms with Crippen molar-refractivity contribution in [2.24, 2.45) is 5.73 Å². The predicted octanol–water partition coefficient (Wildman–Crippen LogP) is 2.39. The maximum Gasteiger partial charge on any atom is 0.141 e. The SMILES string of the molecule is NC1CCN(C2CC(Nc3ccc(F)c(Cl)c3)CCN2)CC1. The highest BCUT2D eigenvalue weighted by molar-refractivity contribution is 6.31. The van der Waals surface area contributed by atoms with Gasteiger partial charge in [-0.25, -0.2) is 4.39 Å². The molecule has 0 radical (unpaired) electrons. The molecule has 0 bridgehead atoms. The fraction of sp³-hybridized carbons (Fsp3) is 0.625. The van der Waals surface area contributed by atoms with E-state index in [-0.39, 0.29) is 10.8 Å². The predicted molar refractivity (Wildman–Crippen MR) is 88.6 cm³/mol.